The number of anilines is 2. The molecule has 2 aromatic carbocycles. The van der Waals surface area contributed by atoms with E-state index in [0.717, 1.165) is 46.3 Å². The van der Waals surface area contributed by atoms with E-state index in [1.807, 2.05) is 19.1 Å². The van der Waals surface area contributed by atoms with Gasteiger partial charge in [-0.3, -0.25) is 4.79 Å². The van der Waals surface area contributed by atoms with Gasteiger partial charge in [-0.1, -0.05) is 17.7 Å². The molecular weight excluding hydrogens is 415 g/mol. The summed E-state index contributed by atoms with van der Waals surface area (Å²) in [5.74, 6) is -1.11. The van der Waals surface area contributed by atoms with Crippen LogP contribution in [0.15, 0.2) is 63.3 Å². The number of thioether (sulfide) groups is 1. The third-order valence-electron chi connectivity index (χ3n) is 4.13. The van der Waals surface area contributed by atoms with Crippen molar-refractivity contribution in [1.82, 2.24) is 9.78 Å². The quantitative estimate of drug-likeness (QED) is 0.456. The van der Waals surface area contributed by atoms with Gasteiger partial charge in [-0.2, -0.15) is 5.10 Å². The van der Waals surface area contributed by atoms with Crippen molar-refractivity contribution < 1.29 is 17.6 Å². The van der Waals surface area contributed by atoms with Crippen molar-refractivity contribution in [3.63, 3.8) is 0 Å². The summed E-state index contributed by atoms with van der Waals surface area (Å²) >= 11 is 1.09. The van der Waals surface area contributed by atoms with E-state index in [2.05, 4.69) is 10.4 Å². The van der Waals surface area contributed by atoms with Crippen molar-refractivity contribution in [3.8, 4) is 0 Å². The van der Waals surface area contributed by atoms with Crippen LogP contribution in [0.1, 0.15) is 5.56 Å². The van der Waals surface area contributed by atoms with Gasteiger partial charge in [0.2, 0.25) is 15.7 Å². The van der Waals surface area contributed by atoms with Crippen LogP contribution >= 0.6 is 11.8 Å². The monoisotopic (exact) mass is 434 g/mol. The van der Waals surface area contributed by atoms with Crippen molar-refractivity contribution >= 4 is 39.0 Å². The van der Waals surface area contributed by atoms with E-state index in [9.17, 15) is 17.6 Å². The van der Waals surface area contributed by atoms with E-state index in [-0.39, 0.29) is 27.2 Å². The van der Waals surface area contributed by atoms with Crippen LogP contribution < -0.4 is 11.1 Å². The smallest absolute Gasteiger partial charge is 0.246 e. The number of aromatic nitrogens is 2. The summed E-state index contributed by atoms with van der Waals surface area (Å²) in [6.07, 6.45) is 1.65. The molecule has 29 heavy (non-hydrogen) atoms. The molecule has 152 valence electrons. The number of nitrogen functional groups attached to an aromatic ring is 1. The largest absolute Gasteiger partial charge is 0.383 e. The summed E-state index contributed by atoms with van der Waals surface area (Å²) in [6.45, 7) is 1.68. The number of benzene rings is 2. The lowest BCUT2D eigenvalue weighted by atomic mass is 10.2. The predicted molar refractivity (Wildman–Crippen MR) is 110 cm³/mol. The van der Waals surface area contributed by atoms with Gasteiger partial charge in [-0.15, -0.1) is 11.8 Å². The second-order valence-electron chi connectivity index (χ2n) is 6.25. The fourth-order valence-corrected chi connectivity index (χ4v) is 5.08. The van der Waals surface area contributed by atoms with Crippen LogP contribution in [0, 0.1) is 12.7 Å². The Morgan fingerprint density at radius 2 is 1.79 bits per heavy atom. The highest BCUT2D eigenvalue weighted by molar-refractivity contribution is 7.99. The number of sulfone groups is 1. The molecule has 0 spiro atoms. The SMILES string of the molecule is CSc1nn(CC(=O)Nc2ccc(C)cc2)c(N)c1S(=O)(=O)c1ccc(F)cc1. The highest BCUT2D eigenvalue weighted by Gasteiger charge is 2.29. The number of hydrogen-bond donors (Lipinski definition) is 2. The molecule has 0 aliphatic carbocycles. The summed E-state index contributed by atoms with van der Waals surface area (Å²) in [5.41, 5.74) is 7.71. The zero-order chi connectivity index (χ0) is 21.2. The molecule has 0 fully saturated rings. The van der Waals surface area contributed by atoms with E-state index >= 15 is 0 Å². The first-order valence-electron chi connectivity index (χ1n) is 8.50. The molecule has 0 unspecified atom stereocenters. The number of aryl methyl sites for hydroxylation is 1. The van der Waals surface area contributed by atoms with Crippen LogP contribution in [0.4, 0.5) is 15.9 Å². The minimum Gasteiger partial charge on any atom is -0.383 e. The van der Waals surface area contributed by atoms with Gasteiger partial charge in [0.05, 0.1) is 4.90 Å². The Balaban J connectivity index is 1.90. The van der Waals surface area contributed by atoms with Crippen LogP contribution in [0.3, 0.4) is 0 Å². The van der Waals surface area contributed by atoms with Gasteiger partial charge in [-0.05, 0) is 49.6 Å². The van der Waals surface area contributed by atoms with Crippen molar-refractivity contribution in [2.45, 2.75) is 28.3 Å². The number of nitrogens with two attached hydrogens (primary N) is 1. The molecule has 1 amide bonds. The van der Waals surface area contributed by atoms with Crippen LogP contribution in [0.25, 0.3) is 0 Å². The van der Waals surface area contributed by atoms with Crippen LogP contribution in [0.5, 0.6) is 0 Å². The molecule has 10 heteroatoms. The standard InChI is InChI=1S/C19H19FN4O3S2/c1-12-3-7-14(8-4-12)22-16(25)11-24-18(21)17(19(23-24)28-2)29(26,27)15-9-5-13(20)6-10-15/h3-10H,11,21H2,1-2H3,(H,22,25). The number of rotatable bonds is 6. The highest BCUT2D eigenvalue weighted by Crippen LogP contribution is 2.34. The van der Waals surface area contributed by atoms with Gasteiger partial charge in [0, 0.05) is 5.69 Å². The molecule has 3 N–H and O–H groups in total. The number of carbonyl (C=O) groups excluding carboxylic acids is 1. The molecule has 0 saturated carbocycles. The summed E-state index contributed by atoms with van der Waals surface area (Å²) in [4.78, 5) is 12.1. The molecule has 0 radical (unpaired) electrons. The average molecular weight is 435 g/mol. The molecule has 0 aliphatic rings. The van der Waals surface area contributed by atoms with E-state index < -0.39 is 21.6 Å². The van der Waals surface area contributed by atoms with Gasteiger partial charge in [0.15, 0.2) is 0 Å². The Morgan fingerprint density at radius 3 is 2.38 bits per heavy atom. The number of amides is 1. The van der Waals surface area contributed by atoms with Crippen molar-refractivity contribution in [1.29, 1.82) is 0 Å². The molecule has 1 heterocycles. The van der Waals surface area contributed by atoms with Crippen LogP contribution in [-0.4, -0.2) is 30.4 Å². The lowest BCUT2D eigenvalue weighted by molar-refractivity contribution is -0.116. The van der Waals surface area contributed by atoms with Gasteiger partial charge in [0.1, 0.15) is 28.1 Å². The molecular formula is C19H19FN4O3S2. The van der Waals surface area contributed by atoms with Gasteiger partial charge in [-0.25, -0.2) is 17.5 Å². The Bertz CT molecular complexity index is 1140. The molecule has 3 aromatic rings. The molecule has 0 atom stereocenters. The first-order chi connectivity index (χ1) is 13.7. The lowest BCUT2D eigenvalue weighted by Gasteiger charge is -2.08. The normalized spacial score (nSPS) is 11.4. The minimum atomic E-state index is -4.04. The topological polar surface area (TPSA) is 107 Å². The minimum absolute atomic E-state index is 0.107. The maximum Gasteiger partial charge on any atom is 0.246 e. The summed E-state index contributed by atoms with van der Waals surface area (Å²) in [7, 11) is -4.04. The van der Waals surface area contributed by atoms with Crippen molar-refractivity contribution in [2.75, 3.05) is 17.3 Å². The number of carbonyl (C=O) groups is 1. The van der Waals surface area contributed by atoms with Gasteiger partial charge >= 0.3 is 0 Å². The Kier molecular flexibility index (Phi) is 5.94. The molecule has 0 bridgehead atoms. The maximum atomic E-state index is 13.2. The Hall–Kier alpha value is -2.85. The summed E-state index contributed by atoms with van der Waals surface area (Å²) in [6, 6.07) is 11.7. The Labute approximate surface area is 172 Å². The fraction of sp³-hybridized carbons (Fsp3) is 0.158. The lowest BCUT2D eigenvalue weighted by Crippen LogP contribution is -2.21. The van der Waals surface area contributed by atoms with Crippen molar-refractivity contribution in [3.05, 3.63) is 59.9 Å². The average Bonchev–Trinajstić information content (AvgIpc) is 3.00. The Morgan fingerprint density at radius 1 is 1.17 bits per heavy atom. The van der Waals surface area contributed by atoms with Crippen LogP contribution in [0.2, 0.25) is 0 Å². The maximum absolute atomic E-state index is 13.2. The number of nitrogens with one attached hydrogen (secondary N) is 1. The van der Waals surface area contributed by atoms with E-state index in [1.54, 1.807) is 18.4 Å². The van der Waals surface area contributed by atoms with E-state index in [4.69, 9.17) is 5.73 Å². The van der Waals surface area contributed by atoms with Gasteiger partial charge < -0.3 is 11.1 Å². The highest BCUT2D eigenvalue weighted by atomic mass is 32.2. The van der Waals surface area contributed by atoms with Crippen molar-refractivity contribution in [2.24, 2.45) is 0 Å². The van der Waals surface area contributed by atoms with E-state index in [0.29, 0.717) is 5.69 Å². The third kappa shape index (κ3) is 4.43. The number of hydrogen-bond acceptors (Lipinski definition) is 6. The van der Waals surface area contributed by atoms with Gasteiger partial charge in [0.25, 0.3) is 0 Å². The number of halogens is 1. The van der Waals surface area contributed by atoms with Crippen LogP contribution in [-0.2, 0) is 21.2 Å². The molecule has 0 aliphatic heterocycles. The zero-order valence-electron chi connectivity index (χ0n) is 15.7. The summed E-state index contributed by atoms with van der Waals surface area (Å²) < 4.78 is 40.3. The predicted octanol–water partition coefficient (Wildman–Crippen LogP) is 3.11. The first-order valence-corrected chi connectivity index (χ1v) is 11.2. The molecule has 3 rings (SSSR count). The van der Waals surface area contributed by atoms with E-state index in [1.165, 1.54) is 0 Å². The molecule has 7 nitrogen and oxygen atoms in total. The molecule has 0 saturated heterocycles. The number of nitrogens with zero attached hydrogens (tertiary/aromatic N) is 2. The molecule has 1 aromatic heterocycles. The second-order valence-corrected chi connectivity index (χ2v) is 8.93. The summed E-state index contributed by atoms with van der Waals surface area (Å²) in [5, 5.41) is 7.05. The fourth-order valence-electron chi connectivity index (χ4n) is 2.65. The first kappa shape index (κ1) is 20.9. The zero-order valence-corrected chi connectivity index (χ0v) is 17.3. The second kappa shape index (κ2) is 8.26. The third-order valence-corrected chi connectivity index (χ3v) is 6.77.